The van der Waals surface area contributed by atoms with E-state index in [0.29, 0.717) is 11.5 Å². The van der Waals surface area contributed by atoms with Crippen molar-refractivity contribution >= 4 is 18.7 Å². The Morgan fingerprint density at radius 1 is 1.27 bits per heavy atom. The van der Waals surface area contributed by atoms with Crippen molar-refractivity contribution in [1.82, 2.24) is 0 Å². The molecule has 0 aliphatic heterocycles. The third-order valence-corrected chi connectivity index (χ3v) is 2.72. The van der Waals surface area contributed by atoms with Crippen LogP contribution in [0, 0.1) is 0 Å². The second kappa shape index (κ2) is 7.45. The fraction of sp³-hybridized carbons (Fsp3) is 0.500. The van der Waals surface area contributed by atoms with E-state index in [9.17, 15) is 12.9 Å². The van der Waals surface area contributed by atoms with Crippen molar-refractivity contribution in [2.24, 2.45) is 0 Å². The van der Waals surface area contributed by atoms with Gasteiger partial charge in [0.25, 0.3) is 0 Å². The Morgan fingerprint density at radius 3 is 2.33 bits per heavy atom. The maximum Gasteiger partial charge on any atom is 1.00 e. The Kier molecular flexibility index (Phi) is 8.00. The molecule has 0 unspecified atom stereocenters. The van der Waals surface area contributed by atoms with Crippen LogP contribution in [0.4, 0.5) is 12.9 Å². The zero-order valence-corrected chi connectivity index (χ0v) is 12.7. The molecule has 1 heterocycles. The summed E-state index contributed by atoms with van der Waals surface area (Å²) < 4.78 is 40.8. The van der Waals surface area contributed by atoms with Gasteiger partial charge in [0.05, 0.1) is 0 Å². The van der Waals surface area contributed by atoms with Gasteiger partial charge in [-0.3, -0.25) is 0 Å². The summed E-state index contributed by atoms with van der Waals surface area (Å²) in [5.74, 6) is 1.73. The minimum absolute atomic E-state index is 0. The Morgan fingerprint density at radius 2 is 1.87 bits per heavy atom. The van der Waals surface area contributed by atoms with Gasteiger partial charge in [0.1, 0.15) is 11.5 Å². The van der Waals surface area contributed by atoms with E-state index in [4.69, 9.17) is 4.42 Å². The van der Waals surface area contributed by atoms with Crippen LogP contribution in [0.25, 0.3) is 0 Å². The van der Waals surface area contributed by atoms with E-state index >= 15 is 0 Å². The molecule has 0 atom stereocenters. The summed E-state index contributed by atoms with van der Waals surface area (Å²) in [6.07, 6.45) is 0.772. The van der Waals surface area contributed by atoms with Crippen LogP contribution < -0.4 is 51.4 Å². The van der Waals surface area contributed by atoms with Crippen molar-refractivity contribution in [3.8, 4) is 0 Å². The van der Waals surface area contributed by atoms with Crippen LogP contribution in [0.2, 0.25) is 0 Å². The van der Waals surface area contributed by atoms with Crippen LogP contribution in [-0.2, 0) is 12.2 Å². The van der Waals surface area contributed by atoms with Gasteiger partial charge in [-0.1, -0.05) is 6.92 Å². The number of hydrogen-bond donors (Lipinski definition) is 0. The summed E-state index contributed by atoms with van der Waals surface area (Å²) in [6, 6.07) is 3.53. The molecule has 0 fully saturated rings. The third kappa shape index (κ3) is 7.12. The molecule has 0 aliphatic rings. The Bertz CT molecular complexity index is 290. The van der Waals surface area contributed by atoms with Crippen molar-refractivity contribution in [1.29, 1.82) is 0 Å². The molecular formula is C8H11BF3KOS. The Balaban J connectivity index is 0.00000196. The molecule has 15 heavy (non-hydrogen) atoms. The van der Waals surface area contributed by atoms with E-state index in [1.54, 1.807) is 12.1 Å². The Hall–Kier alpha value is 1.12. The smallest absolute Gasteiger partial charge is 0.465 e. The summed E-state index contributed by atoms with van der Waals surface area (Å²) in [7, 11) is 0. The molecule has 0 aliphatic carbocycles. The second-order valence-corrected chi connectivity index (χ2v) is 3.98. The number of furan rings is 1. The fourth-order valence-corrected chi connectivity index (χ4v) is 1.72. The molecule has 1 aromatic rings. The SMILES string of the molecule is CCc1ccc(CSC[B-](F)(F)F)o1.[K+]. The number of aryl methyl sites for hydroxylation is 1. The van der Waals surface area contributed by atoms with Gasteiger partial charge >= 0.3 is 58.4 Å². The summed E-state index contributed by atoms with van der Waals surface area (Å²) in [5.41, 5.74) is -0.762. The van der Waals surface area contributed by atoms with Crippen LogP contribution in [0.15, 0.2) is 16.5 Å². The molecule has 0 radical (unpaired) electrons. The van der Waals surface area contributed by atoms with Crippen LogP contribution in [0.1, 0.15) is 18.4 Å². The molecule has 1 nitrogen and oxygen atoms in total. The summed E-state index contributed by atoms with van der Waals surface area (Å²) >= 11 is 0.846. The fourth-order valence-electron chi connectivity index (χ4n) is 0.983. The molecule has 0 saturated carbocycles. The third-order valence-electron chi connectivity index (χ3n) is 1.62. The first-order valence-corrected chi connectivity index (χ1v) is 5.53. The van der Waals surface area contributed by atoms with Crippen molar-refractivity contribution in [2.45, 2.75) is 19.1 Å². The zero-order chi connectivity index (χ0) is 10.6. The van der Waals surface area contributed by atoms with E-state index < -0.39 is 12.6 Å². The molecule has 80 valence electrons. The maximum atomic E-state index is 11.8. The molecule has 0 amide bonds. The van der Waals surface area contributed by atoms with Gasteiger partial charge in [-0.05, 0) is 17.8 Å². The quantitative estimate of drug-likeness (QED) is 0.715. The van der Waals surface area contributed by atoms with Crippen LogP contribution in [-0.4, -0.2) is 12.6 Å². The second-order valence-electron chi connectivity index (χ2n) is 2.95. The number of thioether (sulfide) groups is 1. The molecule has 0 saturated heterocycles. The summed E-state index contributed by atoms with van der Waals surface area (Å²) in [4.78, 5) is 0. The predicted octanol–water partition coefficient (Wildman–Crippen LogP) is 0.466. The monoisotopic (exact) mass is 262 g/mol. The van der Waals surface area contributed by atoms with Crippen molar-refractivity contribution in [2.75, 3.05) is 5.65 Å². The number of hydrogen-bond acceptors (Lipinski definition) is 2. The standard InChI is InChI=1S/C8H11BF3OS.K/c1-2-7-3-4-8(13-7)5-14-6-9(10,11)12;/h3-4H,2,5-6H2,1H3;/q-1;+1. The van der Waals surface area contributed by atoms with E-state index in [1.807, 2.05) is 6.92 Å². The van der Waals surface area contributed by atoms with Gasteiger partial charge in [0, 0.05) is 12.2 Å². The van der Waals surface area contributed by atoms with Gasteiger partial charge < -0.3 is 17.4 Å². The van der Waals surface area contributed by atoms with Crippen molar-refractivity contribution in [3.63, 3.8) is 0 Å². The topological polar surface area (TPSA) is 13.1 Å². The van der Waals surface area contributed by atoms with Gasteiger partial charge in [-0.25, -0.2) is 0 Å². The summed E-state index contributed by atoms with van der Waals surface area (Å²) in [6.45, 7) is -2.74. The Labute approximate surface area is 134 Å². The average Bonchev–Trinajstić information content (AvgIpc) is 2.50. The largest absolute Gasteiger partial charge is 1.00 e. The van der Waals surface area contributed by atoms with Crippen molar-refractivity contribution in [3.05, 3.63) is 23.7 Å². The van der Waals surface area contributed by atoms with Gasteiger partial charge in [-0.2, -0.15) is 11.8 Å². The average molecular weight is 262 g/mol. The summed E-state index contributed by atoms with van der Waals surface area (Å²) in [5, 5.41) is 0. The number of halogens is 3. The van der Waals surface area contributed by atoms with Crippen LogP contribution in [0.3, 0.4) is 0 Å². The zero-order valence-electron chi connectivity index (χ0n) is 8.80. The minimum atomic E-state index is -4.68. The molecular weight excluding hydrogens is 251 g/mol. The van der Waals surface area contributed by atoms with Crippen LogP contribution in [0.5, 0.6) is 0 Å². The first kappa shape index (κ1) is 16.1. The minimum Gasteiger partial charge on any atom is -0.465 e. The normalized spacial score (nSPS) is 11.2. The number of rotatable bonds is 5. The molecule has 0 aromatic carbocycles. The molecule has 0 bridgehead atoms. The van der Waals surface area contributed by atoms with Crippen LogP contribution >= 0.6 is 11.8 Å². The molecule has 0 spiro atoms. The van der Waals surface area contributed by atoms with E-state index in [-0.39, 0.29) is 51.4 Å². The molecule has 7 heteroatoms. The van der Waals surface area contributed by atoms with E-state index in [2.05, 4.69) is 0 Å². The maximum absolute atomic E-state index is 11.8. The van der Waals surface area contributed by atoms with Gasteiger partial charge in [0.15, 0.2) is 0 Å². The first-order chi connectivity index (χ1) is 6.51. The molecule has 0 N–H and O–H groups in total. The van der Waals surface area contributed by atoms with E-state index in [1.165, 1.54) is 0 Å². The predicted molar refractivity (Wildman–Crippen MR) is 53.3 cm³/mol. The van der Waals surface area contributed by atoms with E-state index in [0.717, 1.165) is 23.9 Å². The molecule has 1 rings (SSSR count). The van der Waals surface area contributed by atoms with Gasteiger partial charge in [0.2, 0.25) is 0 Å². The van der Waals surface area contributed by atoms with Crippen molar-refractivity contribution < 1.29 is 68.7 Å². The molecule has 1 aromatic heterocycles. The van der Waals surface area contributed by atoms with Gasteiger partial charge in [-0.15, -0.1) is 0 Å². The first-order valence-electron chi connectivity index (χ1n) is 4.37.